The molecule has 0 aromatic heterocycles. The number of benzene rings is 2. The van der Waals surface area contributed by atoms with Crippen molar-refractivity contribution in [2.24, 2.45) is 0 Å². The summed E-state index contributed by atoms with van der Waals surface area (Å²) < 4.78 is 34.9. The van der Waals surface area contributed by atoms with Gasteiger partial charge in [-0.05, 0) is 52.6 Å². The molecule has 0 N–H and O–H groups in total. The van der Waals surface area contributed by atoms with E-state index in [1.807, 2.05) is 26.0 Å². The van der Waals surface area contributed by atoms with Crippen LogP contribution >= 0.6 is 0 Å². The average molecular weight is 342 g/mol. The van der Waals surface area contributed by atoms with Gasteiger partial charge in [-0.2, -0.15) is 0 Å². The first-order valence-corrected chi connectivity index (χ1v) is 9.23. The summed E-state index contributed by atoms with van der Waals surface area (Å²) in [6.45, 7) is 8.27. The summed E-state index contributed by atoms with van der Waals surface area (Å²) in [4.78, 5) is -0.0735. The molecule has 2 aromatic carbocycles. The van der Waals surface area contributed by atoms with Crippen molar-refractivity contribution in [1.82, 2.24) is 0 Å². The Bertz CT molecular complexity index is 784. The molecule has 0 aliphatic heterocycles. The van der Waals surface area contributed by atoms with Gasteiger partial charge in [-0.15, -0.1) is 0 Å². The number of fused-ring (bicyclic) bond motifs is 1. The van der Waals surface area contributed by atoms with Crippen molar-refractivity contribution in [3.05, 3.63) is 41.5 Å². The van der Waals surface area contributed by atoms with Crippen molar-refractivity contribution < 1.29 is 42.5 Å². The first kappa shape index (κ1) is 20.7. The number of hydrogen-bond donors (Lipinski definition) is 0. The Morgan fingerprint density at radius 3 is 2.09 bits per heavy atom. The average Bonchev–Trinajstić information content (AvgIpc) is 2.50. The molecule has 23 heavy (non-hydrogen) atoms. The minimum atomic E-state index is -4.47. The standard InChI is InChI=1S/C18H24O3S.Na/c1-5-12(3)14-8-7-9-16-15(14)10-11-17(22(19,20)21)18(16)13(4)6-2;/h7-13H,5-6H2,1-4H3,(H,19,20,21);/q;+1/p-1. The smallest absolute Gasteiger partial charge is 0.744 e. The quantitative estimate of drug-likeness (QED) is 0.615. The molecule has 0 saturated carbocycles. The SMILES string of the molecule is CCC(C)c1cccc2c(C(C)CC)c(S(=O)(=O)[O-])ccc12.[Na+]. The topological polar surface area (TPSA) is 57.2 Å². The van der Waals surface area contributed by atoms with Crippen LogP contribution in [-0.4, -0.2) is 13.0 Å². The van der Waals surface area contributed by atoms with Crippen molar-refractivity contribution in [3.8, 4) is 0 Å². The number of rotatable bonds is 5. The van der Waals surface area contributed by atoms with Crippen LogP contribution in [0.15, 0.2) is 35.2 Å². The van der Waals surface area contributed by atoms with Crippen LogP contribution in [0.1, 0.15) is 63.5 Å². The van der Waals surface area contributed by atoms with Crippen LogP contribution in [0.25, 0.3) is 10.8 Å². The Balaban J connectivity index is 0.00000264. The molecule has 0 spiro atoms. The minimum Gasteiger partial charge on any atom is -0.744 e. The molecule has 2 unspecified atom stereocenters. The summed E-state index contributed by atoms with van der Waals surface area (Å²) >= 11 is 0. The van der Waals surface area contributed by atoms with E-state index in [1.54, 1.807) is 6.07 Å². The molecule has 0 saturated heterocycles. The molecule has 3 nitrogen and oxygen atoms in total. The monoisotopic (exact) mass is 342 g/mol. The van der Waals surface area contributed by atoms with Crippen molar-refractivity contribution in [2.45, 2.75) is 57.3 Å². The largest absolute Gasteiger partial charge is 1.00 e. The summed E-state index contributed by atoms with van der Waals surface area (Å²) in [5, 5.41) is 1.95. The van der Waals surface area contributed by atoms with Gasteiger partial charge in [-0.3, -0.25) is 0 Å². The molecule has 0 heterocycles. The molecule has 5 heteroatoms. The Labute approximate surface area is 161 Å². The first-order chi connectivity index (χ1) is 10.3. The zero-order chi connectivity index (χ0) is 16.5. The fraction of sp³-hybridized carbons (Fsp3) is 0.444. The van der Waals surface area contributed by atoms with Crippen LogP contribution in [0.4, 0.5) is 0 Å². The molecule has 120 valence electrons. The zero-order valence-electron chi connectivity index (χ0n) is 14.6. The molecule has 0 aliphatic carbocycles. The fourth-order valence-electron chi connectivity index (χ4n) is 2.97. The van der Waals surface area contributed by atoms with Crippen LogP contribution in [-0.2, 0) is 10.1 Å². The Kier molecular flexibility index (Phi) is 7.30. The van der Waals surface area contributed by atoms with Crippen LogP contribution in [0, 0.1) is 0 Å². The van der Waals surface area contributed by atoms with Gasteiger partial charge in [0.1, 0.15) is 10.1 Å². The van der Waals surface area contributed by atoms with Gasteiger partial charge >= 0.3 is 29.6 Å². The van der Waals surface area contributed by atoms with E-state index >= 15 is 0 Å². The molecule has 0 amide bonds. The molecule has 0 bridgehead atoms. The maximum Gasteiger partial charge on any atom is 1.00 e. The third kappa shape index (κ3) is 4.18. The van der Waals surface area contributed by atoms with E-state index in [2.05, 4.69) is 19.9 Å². The molecule has 0 aliphatic rings. The van der Waals surface area contributed by atoms with Gasteiger partial charge in [0, 0.05) is 0 Å². The van der Waals surface area contributed by atoms with E-state index in [-0.39, 0.29) is 40.4 Å². The molecule has 2 aromatic rings. The predicted octanol–water partition coefficient (Wildman–Crippen LogP) is 1.77. The second-order valence-corrected chi connectivity index (χ2v) is 7.34. The zero-order valence-corrected chi connectivity index (χ0v) is 17.4. The van der Waals surface area contributed by atoms with Crippen LogP contribution in [0.3, 0.4) is 0 Å². The van der Waals surface area contributed by atoms with E-state index in [0.717, 1.165) is 23.6 Å². The van der Waals surface area contributed by atoms with Gasteiger partial charge in [0.15, 0.2) is 0 Å². The summed E-state index contributed by atoms with van der Waals surface area (Å²) in [6, 6.07) is 9.24. The Hall–Kier alpha value is -0.390. The second kappa shape index (κ2) is 8.13. The van der Waals surface area contributed by atoms with Gasteiger partial charge in [0.25, 0.3) is 0 Å². The van der Waals surface area contributed by atoms with Crippen molar-refractivity contribution in [1.29, 1.82) is 0 Å². The minimum absolute atomic E-state index is 0. The van der Waals surface area contributed by atoms with E-state index in [9.17, 15) is 13.0 Å². The van der Waals surface area contributed by atoms with Crippen LogP contribution < -0.4 is 29.6 Å². The first-order valence-electron chi connectivity index (χ1n) is 7.82. The van der Waals surface area contributed by atoms with Crippen LogP contribution in [0.2, 0.25) is 0 Å². The van der Waals surface area contributed by atoms with E-state index in [1.165, 1.54) is 11.6 Å². The summed E-state index contributed by atoms with van der Waals surface area (Å²) in [7, 11) is -4.47. The van der Waals surface area contributed by atoms with Gasteiger partial charge in [-0.1, -0.05) is 52.0 Å². The molecule has 2 atom stereocenters. The van der Waals surface area contributed by atoms with Gasteiger partial charge < -0.3 is 4.55 Å². The summed E-state index contributed by atoms with van der Waals surface area (Å²) in [6.07, 6.45) is 1.80. The van der Waals surface area contributed by atoms with Gasteiger partial charge in [0.2, 0.25) is 0 Å². The molecular formula is C18H23NaO3S. The third-order valence-electron chi connectivity index (χ3n) is 4.61. The molecular weight excluding hydrogens is 319 g/mol. The normalized spacial score (nSPS) is 14.3. The Morgan fingerprint density at radius 2 is 1.57 bits per heavy atom. The van der Waals surface area contributed by atoms with Crippen molar-refractivity contribution >= 4 is 20.9 Å². The number of hydrogen-bond acceptors (Lipinski definition) is 3. The maximum absolute atomic E-state index is 11.6. The summed E-state index contributed by atoms with van der Waals surface area (Å²) in [5.74, 6) is 0.415. The summed E-state index contributed by atoms with van der Waals surface area (Å²) in [5.41, 5.74) is 1.87. The van der Waals surface area contributed by atoms with Gasteiger partial charge in [0.05, 0.1) is 4.90 Å². The van der Waals surface area contributed by atoms with Crippen molar-refractivity contribution in [3.63, 3.8) is 0 Å². The van der Waals surface area contributed by atoms with Gasteiger partial charge in [-0.25, -0.2) is 8.42 Å². The van der Waals surface area contributed by atoms with E-state index in [4.69, 9.17) is 0 Å². The third-order valence-corrected chi connectivity index (χ3v) is 5.51. The second-order valence-electron chi connectivity index (χ2n) is 5.99. The van der Waals surface area contributed by atoms with Crippen LogP contribution in [0.5, 0.6) is 0 Å². The molecule has 0 fully saturated rings. The Morgan fingerprint density at radius 1 is 0.957 bits per heavy atom. The fourth-order valence-corrected chi connectivity index (χ4v) is 3.78. The van der Waals surface area contributed by atoms with E-state index < -0.39 is 10.1 Å². The van der Waals surface area contributed by atoms with Crippen molar-refractivity contribution in [2.75, 3.05) is 0 Å². The van der Waals surface area contributed by atoms with E-state index in [0.29, 0.717) is 11.5 Å². The molecule has 2 rings (SSSR count). The predicted molar refractivity (Wildman–Crippen MR) is 89.3 cm³/mol. The molecule has 0 radical (unpaired) electrons. The maximum atomic E-state index is 11.6.